The van der Waals surface area contributed by atoms with Crippen LogP contribution in [0.4, 0.5) is 13.2 Å². The van der Waals surface area contributed by atoms with Crippen molar-refractivity contribution >= 4 is 16.8 Å². The SMILES string of the molecule is O=C(c1ccc2[nH]c3c(c2c1)CCCc1cn[nH]c1-3)N1CCC(O)(c2ccc(C(F)(F)F)cc2)CC1. The van der Waals surface area contributed by atoms with Crippen molar-refractivity contribution in [3.05, 3.63) is 76.5 Å². The number of hydrogen-bond acceptors (Lipinski definition) is 3. The van der Waals surface area contributed by atoms with Crippen LogP contribution >= 0.6 is 0 Å². The molecule has 1 saturated heterocycles. The molecule has 0 radical (unpaired) electrons. The van der Waals surface area contributed by atoms with Crippen LogP contribution in [0.15, 0.2) is 48.7 Å². The van der Waals surface area contributed by atoms with Crippen LogP contribution in [0, 0.1) is 0 Å². The maximum atomic E-state index is 13.4. The molecule has 0 spiro atoms. The summed E-state index contributed by atoms with van der Waals surface area (Å²) in [5.74, 6) is -0.114. The van der Waals surface area contributed by atoms with Crippen LogP contribution < -0.4 is 0 Å². The van der Waals surface area contributed by atoms with Gasteiger partial charge in [0.2, 0.25) is 0 Å². The molecule has 4 aromatic rings. The Hall–Kier alpha value is -3.59. The zero-order valence-electron chi connectivity index (χ0n) is 19.5. The first-order chi connectivity index (χ1) is 17.2. The highest BCUT2D eigenvalue weighted by molar-refractivity contribution is 6.00. The molecule has 6 rings (SSSR count). The lowest BCUT2D eigenvalue weighted by Gasteiger charge is -2.38. The number of aromatic nitrogens is 3. The maximum Gasteiger partial charge on any atom is 0.416 e. The number of fused-ring (bicyclic) bond motifs is 5. The Morgan fingerprint density at radius 1 is 1.03 bits per heavy atom. The third-order valence-corrected chi connectivity index (χ3v) is 7.62. The Labute approximate surface area is 205 Å². The third-order valence-electron chi connectivity index (χ3n) is 7.62. The van der Waals surface area contributed by atoms with Crippen LogP contribution in [0.1, 0.15) is 51.9 Å². The number of aryl methyl sites for hydroxylation is 2. The topological polar surface area (TPSA) is 85.0 Å². The van der Waals surface area contributed by atoms with Gasteiger partial charge in [0.1, 0.15) is 0 Å². The summed E-state index contributed by atoms with van der Waals surface area (Å²) in [7, 11) is 0. The summed E-state index contributed by atoms with van der Waals surface area (Å²) in [6.07, 6.45) is 0.815. The van der Waals surface area contributed by atoms with Crippen molar-refractivity contribution in [1.82, 2.24) is 20.1 Å². The number of benzene rings is 2. The maximum absolute atomic E-state index is 13.4. The van der Waals surface area contributed by atoms with Gasteiger partial charge in [0.15, 0.2) is 0 Å². The van der Waals surface area contributed by atoms with Crippen molar-refractivity contribution in [1.29, 1.82) is 0 Å². The lowest BCUT2D eigenvalue weighted by molar-refractivity contribution is -0.137. The van der Waals surface area contributed by atoms with Crippen molar-refractivity contribution in [3.8, 4) is 11.4 Å². The van der Waals surface area contributed by atoms with E-state index in [4.69, 9.17) is 0 Å². The quantitative estimate of drug-likeness (QED) is 0.359. The summed E-state index contributed by atoms with van der Waals surface area (Å²) < 4.78 is 38.7. The van der Waals surface area contributed by atoms with Gasteiger partial charge in [0.25, 0.3) is 5.91 Å². The van der Waals surface area contributed by atoms with E-state index >= 15 is 0 Å². The monoisotopic (exact) mass is 494 g/mol. The molecule has 2 aromatic carbocycles. The number of nitrogens with zero attached hydrogens (tertiary/aromatic N) is 2. The summed E-state index contributed by atoms with van der Waals surface area (Å²) in [6.45, 7) is 0.633. The first kappa shape index (κ1) is 22.8. The molecule has 0 bridgehead atoms. The average molecular weight is 495 g/mol. The van der Waals surface area contributed by atoms with Crippen molar-refractivity contribution in [2.45, 2.75) is 43.9 Å². The fraction of sp³-hybridized carbons (Fsp3) is 0.333. The van der Waals surface area contributed by atoms with E-state index in [9.17, 15) is 23.1 Å². The van der Waals surface area contributed by atoms with Crippen LogP contribution in [0.3, 0.4) is 0 Å². The minimum atomic E-state index is -4.42. The molecule has 1 fully saturated rings. The van der Waals surface area contributed by atoms with Crippen LogP contribution in [0.25, 0.3) is 22.3 Å². The second-order valence-electron chi connectivity index (χ2n) is 9.76. The fourth-order valence-corrected chi connectivity index (χ4v) is 5.55. The minimum absolute atomic E-state index is 0.114. The lowest BCUT2D eigenvalue weighted by Crippen LogP contribution is -2.45. The van der Waals surface area contributed by atoms with E-state index < -0.39 is 17.3 Å². The number of hydrogen-bond donors (Lipinski definition) is 3. The van der Waals surface area contributed by atoms with E-state index in [1.54, 1.807) is 4.90 Å². The van der Waals surface area contributed by atoms with Gasteiger partial charge in [-0.2, -0.15) is 18.3 Å². The van der Waals surface area contributed by atoms with E-state index in [2.05, 4.69) is 15.2 Å². The van der Waals surface area contributed by atoms with Gasteiger partial charge in [-0.25, -0.2) is 0 Å². The molecule has 0 atom stereocenters. The van der Waals surface area contributed by atoms with Crippen LogP contribution in [0.5, 0.6) is 0 Å². The molecule has 3 N–H and O–H groups in total. The van der Waals surface area contributed by atoms with Crippen molar-refractivity contribution in [2.75, 3.05) is 13.1 Å². The predicted molar refractivity (Wildman–Crippen MR) is 128 cm³/mol. The molecule has 1 aliphatic heterocycles. The number of aromatic amines is 2. The highest BCUT2D eigenvalue weighted by Gasteiger charge is 2.37. The minimum Gasteiger partial charge on any atom is -0.385 e. The number of likely N-dealkylation sites (tertiary alicyclic amines) is 1. The zero-order chi connectivity index (χ0) is 25.1. The molecule has 0 unspecified atom stereocenters. The number of amides is 1. The van der Waals surface area contributed by atoms with E-state index in [-0.39, 0.29) is 18.7 Å². The number of nitrogens with one attached hydrogen (secondary N) is 2. The predicted octanol–water partition coefficient (Wildman–Crippen LogP) is 5.19. The number of H-pyrrole nitrogens is 2. The second-order valence-corrected chi connectivity index (χ2v) is 9.76. The van der Waals surface area contributed by atoms with E-state index in [0.29, 0.717) is 24.2 Å². The van der Waals surface area contributed by atoms with Crippen molar-refractivity contribution < 1.29 is 23.1 Å². The summed E-state index contributed by atoms with van der Waals surface area (Å²) in [4.78, 5) is 18.5. The Kier molecular flexibility index (Phi) is 5.22. The molecule has 1 amide bonds. The normalized spacial score (nSPS) is 17.5. The number of rotatable bonds is 2. The van der Waals surface area contributed by atoms with Gasteiger partial charge < -0.3 is 15.0 Å². The summed E-state index contributed by atoms with van der Waals surface area (Å²) in [5.41, 5.74) is 4.38. The summed E-state index contributed by atoms with van der Waals surface area (Å²) in [5, 5.41) is 19.4. The molecule has 3 heterocycles. The van der Waals surface area contributed by atoms with E-state index in [1.807, 2.05) is 24.4 Å². The van der Waals surface area contributed by atoms with Gasteiger partial charge in [0.05, 0.1) is 28.7 Å². The number of halogens is 3. The Balaban J connectivity index is 1.21. The standard InChI is InChI=1S/C27H25F3N4O2/c28-27(29,30)19-7-5-18(6-8-19)26(36)10-12-34(13-11-26)25(35)16-4-9-22-21(14-16)20-3-1-2-17-15-31-33-23(17)24(20)32-22/h4-9,14-15,32,36H,1-3,10-13H2,(H,31,33). The molecule has 1 aliphatic carbocycles. The fourth-order valence-electron chi connectivity index (χ4n) is 5.55. The van der Waals surface area contributed by atoms with E-state index in [0.717, 1.165) is 53.7 Å². The largest absolute Gasteiger partial charge is 0.416 e. The summed E-state index contributed by atoms with van der Waals surface area (Å²) >= 11 is 0. The molecule has 6 nitrogen and oxygen atoms in total. The van der Waals surface area contributed by atoms with Gasteiger partial charge in [-0.1, -0.05) is 12.1 Å². The summed E-state index contributed by atoms with van der Waals surface area (Å²) in [6, 6.07) is 10.3. The average Bonchev–Trinajstić information content (AvgIpc) is 3.44. The van der Waals surface area contributed by atoms with Crippen molar-refractivity contribution in [3.63, 3.8) is 0 Å². The molecule has 36 heavy (non-hydrogen) atoms. The Morgan fingerprint density at radius 3 is 2.50 bits per heavy atom. The van der Waals surface area contributed by atoms with Crippen LogP contribution in [-0.4, -0.2) is 44.2 Å². The van der Waals surface area contributed by atoms with Crippen molar-refractivity contribution in [2.24, 2.45) is 0 Å². The van der Waals surface area contributed by atoms with Gasteiger partial charge in [-0.15, -0.1) is 0 Å². The highest BCUT2D eigenvalue weighted by atomic mass is 19.4. The van der Waals surface area contributed by atoms with Crippen LogP contribution in [-0.2, 0) is 24.6 Å². The second kappa shape index (κ2) is 8.23. The molecular weight excluding hydrogens is 469 g/mol. The smallest absolute Gasteiger partial charge is 0.385 e. The van der Waals surface area contributed by atoms with Gasteiger partial charge in [-0.3, -0.25) is 9.89 Å². The molecule has 9 heteroatoms. The number of carbonyl (C=O) groups is 1. The molecule has 2 aliphatic rings. The highest BCUT2D eigenvalue weighted by Crippen LogP contribution is 2.38. The number of alkyl halides is 3. The molecule has 0 saturated carbocycles. The Morgan fingerprint density at radius 2 is 1.78 bits per heavy atom. The first-order valence-electron chi connectivity index (χ1n) is 12.1. The van der Waals surface area contributed by atoms with Gasteiger partial charge in [-0.05, 0) is 79.1 Å². The van der Waals surface area contributed by atoms with Gasteiger partial charge in [0, 0.05) is 29.6 Å². The third kappa shape index (κ3) is 3.78. The zero-order valence-corrected chi connectivity index (χ0v) is 19.5. The lowest BCUT2D eigenvalue weighted by atomic mass is 9.84. The Bertz CT molecular complexity index is 1440. The molecule has 2 aromatic heterocycles. The van der Waals surface area contributed by atoms with Gasteiger partial charge >= 0.3 is 6.18 Å². The number of carbonyl (C=O) groups excluding carboxylic acids is 1. The number of aliphatic hydroxyl groups is 1. The number of piperidine rings is 1. The van der Waals surface area contributed by atoms with Crippen LogP contribution in [0.2, 0.25) is 0 Å². The van der Waals surface area contributed by atoms with E-state index in [1.165, 1.54) is 23.3 Å². The first-order valence-corrected chi connectivity index (χ1v) is 12.1. The molecular formula is C27H25F3N4O2. The molecule has 186 valence electrons.